The van der Waals surface area contributed by atoms with Crippen LogP contribution < -0.4 is 5.73 Å². The first-order chi connectivity index (χ1) is 10.1. The maximum absolute atomic E-state index is 10.7. The Kier molecular flexibility index (Phi) is 3.37. The number of hydrogen-bond acceptors (Lipinski definition) is 3. The second-order valence-corrected chi connectivity index (χ2v) is 5.20. The van der Waals surface area contributed by atoms with E-state index in [9.17, 15) is 10.1 Å². The van der Waals surface area contributed by atoms with Crippen LogP contribution in [-0.2, 0) is 0 Å². The molecule has 0 aliphatic heterocycles. The molecule has 0 saturated carbocycles. The minimum atomic E-state index is -0.428. The summed E-state index contributed by atoms with van der Waals surface area (Å²) in [5.74, 6) is 0. The number of nitrogens with one attached hydrogen (secondary N) is 1. The van der Waals surface area contributed by atoms with Crippen molar-refractivity contribution in [1.82, 2.24) is 4.98 Å². The highest BCUT2D eigenvalue weighted by molar-refractivity contribution is 6.31. The van der Waals surface area contributed by atoms with Crippen LogP contribution in [0.15, 0.2) is 48.7 Å². The van der Waals surface area contributed by atoms with E-state index < -0.39 is 4.92 Å². The van der Waals surface area contributed by atoms with E-state index in [4.69, 9.17) is 17.3 Å². The van der Waals surface area contributed by atoms with E-state index in [0.29, 0.717) is 5.02 Å². The summed E-state index contributed by atoms with van der Waals surface area (Å²) in [6, 6.07) is 11.5. The molecule has 0 spiro atoms. The molecule has 1 atom stereocenters. The van der Waals surface area contributed by atoms with E-state index in [2.05, 4.69) is 4.98 Å². The third-order valence-electron chi connectivity index (χ3n) is 3.47. The number of H-pyrrole nitrogens is 1. The number of halogens is 1. The van der Waals surface area contributed by atoms with Gasteiger partial charge in [0.05, 0.1) is 11.0 Å². The zero-order chi connectivity index (χ0) is 15.0. The molecule has 3 rings (SSSR count). The molecule has 2 aromatic carbocycles. The van der Waals surface area contributed by atoms with Crippen LogP contribution in [-0.4, -0.2) is 9.91 Å². The van der Waals surface area contributed by atoms with Crippen molar-refractivity contribution in [2.75, 3.05) is 0 Å². The van der Waals surface area contributed by atoms with Gasteiger partial charge in [-0.05, 0) is 23.3 Å². The minimum Gasteiger partial charge on any atom is -0.361 e. The lowest BCUT2D eigenvalue weighted by Crippen LogP contribution is -2.11. The quantitative estimate of drug-likeness (QED) is 0.570. The van der Waals surface area contributed by atoms with Crippen molar-refractivity contribution in [2.45, 2.75) is 6.04 Å². The number of fused-ring (bicyclic) bond motifs is 1. The zero-order valence-electron chi connectivity index (χ0n) is 10.9. The molecule has 106 valence electrons. The SMILES string of the molecule is NC(c1ccc([N+](=O)[O-])cc1)c1c[nH]c2cc(Cl)ccc12. The largest absolute Gasteiger partial charge is 0.361 e. The summed E-state index contributed by atoms with van der Waals surface area (Å²) in [7, 11) is 0. The Morgan fingerprint density at radius 1 is 1.19 bits per heavy atom. The number of nitro benzene ring substituents is 1. The molecule has 21 heavy (non-hydrogen) atoms. The number of aromatic nitrogens is 1. The smallest absolute Gasteiger partial charge is 0.269 e. The molecule has 3 aromatic rings. The lowest BCUT2D eigenvalue weighted by atomic mass is 9.99. The first kappa shape index (κ1) is 13.6. The molecule has 0 fully saturated rings. The molecule has 5 nitrogen and oxygen atoms in total. The Hall–Kier alpha value is -2.37. The molecule has 0 aliphatic rings. The number of nitrogens with zero attached hydrogens (tertiary/aromatic N) is 1. The van der Waals surface area contributed by atoms with Gasteiger partial charge in [-0.1, -0.05) is 29.8 Å². The summed E-state index contributed by atoms with van der Waals surface area (Å²) in [4.78, 5) is 13.4. The number of benzene rings is 2. The van der Waals surface area contributed by atoms with E-state index in [1.165, 1.54) is 12.1 Å². The molecule has 1 heterocycles. The maximum Gasteiger partial charge on any atom is 0.269 e. The van der Waals surface area contributed by atoms with E-state index in [-0.39, 0.29) is 11.7 Å². The van der Waals surface area contributed by atoms with Crippen LogP contribution >= 0.6 is 11.6 Å². The molecular weight excluding hydrogens is 290 g/mol. The number of non-ortho nitro benzene ring substituents is 1. The second-order valence-electron chi connectivity index (χ2n) is 4.76. The molecule has 6 heteroatoms. The summed E-state index contributed by atoms with van der Waals surface area (Å²) in [6.07, 6.45) is 1.84. The first-order valence-corrected chi connectivity index (χ1v) is 6.70. The summed E-state index contributed by atoms with van der Waals surface area (Å²) in [5, 5.41) is 12.3. The van der Waals surface area contributed by atoms with Crippen LogP contribution in [0, 0.1) is 10.1 Å². The average Bonchev–Trinajstić information content (AvgIpc) is 2.89. The van der Waals surface area contributed by atoms with Gasteiger partial charge in [0.1, 0.15) is 0 Å². The summed E-state index contributed by atoms with van der Waals surface area (Å²) < 4.78 is 0. The highest BCUT2D eigenvalue weighted by Crippen LogP contribution is 2.29. The van der Waals surface area contributed by atoms with Gasteiger partial charge in [-0.15, -0.1) is 0 Å². The fraction of sp³-hybridized carbons (Fsp3) is 0.0667. The fourth-order valence-electron chi connectivity index (χ4n) is 2.36. The molecule has 1 aromatic heterocycles. The van der Waals surface area contributed by atoms with Crippen LogP contribution in [0.4, 0.5) is 5.69 Å². The van der Waals surface area contributed by atoms with Gasteiger partial charge in [0.25, 0.3) is 5.69 Å². The zero-order valence-corrected chi connectivity index (χ0v) is 11.7. The van der Waals surface area contributed by atoms with Gasteiger partial charge in [0.15, 0.2) is 0 Å². The predicted molar refractivity (Wildman–Crippen MR) is 82.4 cm³/mol. The van der Waals surface area contributed by atoms with Crippen molar-refractivity contribution in [3.8, 4) is 0 Å². The Morgan fingerprint density at radius 3 is 2.57 bits per heavy atom. The summed E-state index contributed by atoms with van der Waals surface area (Å²) >= 11 is 5.96. The molecular formula is C15H12ClN3O2. The van der Waals surface area contributed by atoms with Gasteiger partial charge in [0, 0.05) is 34.3 Å². The number of rotatable bonds is 3. The predicted octanol–water partition coefficient (Wildman–Crippen LogP) is 3.78. The van der Waals surface area contributed by atoms with Gasteiger partial charge in [-0.3, -0.25) is 10.1 Å². The molecule has 3 N–H and O–H groups in total. The van der Waals surface area contributed by atoms with Crippen molar-refractivity contribution in [2.24, 2.45) is 5.73 Å². The molecule has 0 radical (unpaired) electrons. The van der Waals surface area contributed by atoms with Crippen molar-refractivity contribution in [1.29, 1.82) is 0 Å². The van der Waals surface area contributed by atoms with Crippen LogP contribution in [0.2, 0.25) is 5.02 Å². The molecule has 0 aliphatic carbocycles. The van der Waals surface area contributed by atoms with Gasteiger partial charge in [0.2, 0.25) is 0 Å². The van der Waals surface area contributed by atoms with E-state index in [1.54, 1.807) is 12.1 Å². The third-order valence-corrected chi connectivity index (χ3v) is 3.71. The van der Waals surface area contributed by atoms with Gasteiger partial charge < -0.3 is 10.7 Å². The fourth-order valence-corrected chi connectivity index (χ4v) is 2.53. The molecule has 0 bridgehead atoms. The first-order valence-electron chi connectivity index (χ1n) is 6.33. The summed E-state index contributed by atoms with van der Waals surface area (Å²) in [5.41, 5.74) is 8.98. The Labute approximate surface area is 125 Å². The third kappa shape index (κ3) is 2.49. The lowest BCUT2D eigenvalue weighted by molar-refractivity contribution is -0.384. The van der Waals surface area contributed by atoms with Crippen LogP contribution in [0.5, 0.6) is 0 Å². The number of nitro groups is 1. The van der Waals surface area contributed by atoms with Crippen molar-refractivity contribution >= 4 is 28.2 Å². The lowest BCUT2D eigenvalue weighted by Gasteiger charge is -2.11. The highest BCUT2D eigenvalue weighted by Gasteiger charge is 2.15. The number of nitrogens with two attached hydrogens (primary N) is 1. The standard InChI is InChI=1S/C15H12ClN3O2/c16-10-3-6-12-13(8-18-14(12)7-10)15(17)9-1-4-11(5-2-9)19(20)21/h1-8,15,18H,17H2. The Bertz CT molecular complexity index is 811. The van der Waals surface area contributed by atoms with E-state index >= 15 is 0 Å². The number of aromatic amines is 1. The second kappa shape index (κ2) is 5.20. The van der Waals surface area contributed by atoms with E-state index in [0.717, 1.165) is 22.0 Å². The van der Waals surface area contributed by atoms with E-state index in [1.807, 2.05) is 24.4 Å². The van der Waals surface area contributed by atoms with Crippen molar-refractivity contribution in [3.05, 3.63) is 74.9 Å². The molecule has 0 amide bonds. The topological polar surface area (TPSA) is 84.9 Å². The van der Waals surface area contributed by atoms with Gasteiger partial charge in [-0.25, -0.2) is 0 Å². The highest BCUT2D eigenvalue weighted by atomic mass is 35.5. The van der Waals surface area contributed by atoms with Gasteiger partial charge >= 0.3 is 0 Å². The Balaban J connectivity index is 1.99. The molecule has 0 saturated heterocycles. The monoisotopic (exact) mass is 301 g/mol. The average molecular weight is 302 g/mol. The summed E-state index contributed by atoms with van der Waals surface area (Å²) in [6.45, 7) is 0. The van der Waals surface area contributed by atoms with Crippen LogP contribution in [0.25, 0.3) is 10.9 Å². The normalized spacial score (nSPS) is 12.5. The minimum absolute atomic E-state index is 0.0525. The van der Waals surface area contributed by atoms with Crippen molar-refractivity contribution < 1.29 is 4.92 Å². The van der Waals surface area contributed by atoms with Crippen LogP contribution in [0.3, 0.4) is 0 Å². The number of hydrogen-bond donors (Lipinski definition) is 2. The van der Waals surface area contributed by atoms with Crippen LogP contribution in [0.1, 0.15) is 17.2 Å². The van der Waals surface area contributed by atoms with Crippen molar-refractivity contribution in [3.63, 3.8) is 0 Å². The molecule has 1 unspecified atom stereocenters. The van der Waals surface area contributed by atoms with Gasteiger partial charge in [-0.2, -0.15) is 0 Å². The Morgan fingerprint density at radius 2 is 1.90 bits per heavy atom. The maximum atomic E-state index is 10.7.